The zero-order valence-electron chi connectivity index (χ0n) is 13.7. The van der Waals surface area contributed by atoms with Crippen molar-refractivity contribution in [3.05, 3.63) is 60.7 Å². The van der Waals surface area contributed by atoms with Crippen molar-refractivity contribution >= 4 is 11.8 Å². The molecule has 0 saturated carbocycles. The molecule has 1 aromatic heterocycles. The number of aromatic nitrogens is 3. The van der Waals surface area contributed by atoms with Crippen molar-refractivity contribution in [3.8, 4) is 17.1 Å². The van der Waals surface area contributed by atoms with Crippen LogP contribution in [0.4, 0.5) is 0 Å². The number of rotatable bonds is 5. The number of para-hydroxylation sites is 1. The Hall–Kier alpha value is -2.15. The highest BCUT2D eigenvalue weighted by Gasteiger charge is 2.19. The van der Waals surface area contributed by atoms with Gasteiger partial charge in [0.15, 0.2) is 11.0 Å². The smallest absolute Gasteiger partial charge is 0.196 e. The maximum atomic E-state index is 5.64. The summed E-state index contributed by atoms with van der Waals surface area (Å²) in [7, 11) is 0. The maximum Gasteiger partial charge on any atom is 0.196 e. The summed E-state index contributed by atoms with van der Waals surface area (Å²) in [4.78, 5) is 0. The minimum Gasteiger partial charge on any atom is -0.355 e. The van der Waals surface area contributed by atoms with Crippen LogP contribution in [0, 0.1) is 0 Å². The van der Waals surface area contributed by atoms with Crippen molar-refractivity contribution in [2.24, 2.45) is 0 Å². The maximum absolute atomic E-state index is 5.64. The summed E-state index contributed by atoms with van der Waals surface area (Å²) in [6.07, 6.45) is 1.11. The summed E-state index contributed by atoms with van der Waals surface area (Å²) in [5.74, 6) is 1.69. The number of ether oxygens (including phenoxy) is 2. The molecule has 1 aliphatic heterocycles. The zero-order chi connectivity index (χ0) is 16.9. The summed E-state index contributed by atoms with van der Waals surface area (Å²) in [5.41, 5.74) is 2.11. The van der Waals surface area contributed by atoms with Gasteiger partial charge in [0, 0.05) is 17.0 Å². The summed E-state index contributed by atoms with van der Waals surface area (Å²) in [5, 5.41) is 9.77. The van der Waals surface area contributed by atoms with Gasteiger partial charge in [-0.25, -0.2) is 0 Å². The molecule has 25 heavy (non-hydrogen) atoms. The van der Waals surface area contributed by atoms with Crippen molar-refractivity contribution in [2.75, 3.05) is 19.2 Å². The van der Waals surface area contributed by atoms with Crippen LogP contribution in [-0.4, -0.2) is 40.0 Å². The highest BCUT2D eigenvalue weighted by Crippen LogP contribution is 2.29. The lowest BCUT2D eigenvalue weighted by atomic mass is 10.2. The first-order valence-corrected chi connectivity index (χ1v) is 9.29. The fourth-order valence-electron chi connectivity index (χ4n) is 2.75. The molecule has 0 unspecified atom stereocenters. The highest BCUT2D eigenvalue weighted by molar-refractivity contribution is 7.99. The molecule has 0 N–H and O–H groups in total. The molecule has 0 aliphatic carbocycles. The van der Waals surface area contributed by atoms with E-state index in [0.29, 0.717) is 6.79 Å². The molecular formula is C19H19N3O2S. The molecule has 1 fully saturated rings. The minimum absolute atomic E-state index is 0.194. The second-order valence-corrected chi connectivity index (χ2v) is 6.74. The Bertz CT molecular complexity index is 802. The topological polar surface area (TPSA) is 49.2 Å². The third kappa shape index (κ3) is 3.76. The fraction of sp³-hybridized carbons (Fsp3) is 0.263. The van der Waals surface area contributed by atoms with Crippen LogP contribution in [0.3, 0.4) is 0 Å². The van der Waals surface area contributed by atoms with E-state index in [2.05, 4.69) is 39.0 Å². The van der Waals surface area contributed by atoms with Gasteiger partial charge in [0.2, 0.25) is 0 Å². The molecule has 2 aromatic carbocycles. The van der Waals surface area contributed by atoms with Gasteiger partial charge in [0.25, 0.3) is 0 Å². The predicted molar refractivity (Wildman–Crippen MR) is 97.8 cm³/mol. The molecular weight excluding hydrogens is 334 g/mol. The molecule has 1 atom stereocenters. The molecule has 1 aliphatic rings. The fourth-order valence-corrected chi connectivity index (χ4v) is 3.77. The lowest BCUT2D eigenvalue weighted by Gasteiger charge is -2.22. The molecule has 6 heteroatoms. The van der Waals surface area contributed by atoms with E-state index < -0.39 is 0 Å². The van der Waals surface area contributed by atoms with Gasteiger partial charge in [-0.15, -0.1) is 10.2 Å². The number of hydrogen-bond acceptors (Lipinski definition) is 5. The lowest BCUT2D eigenvalue weighted by molar-refractivity contribution is -0.130. The number of thioether (sulfide) groups is 1. The Labute approximate surface area is 151 Å². The van der Waals surface area contributed by atoms with E-state index in [4.69, 9.17) is 9.47 Å². The van der Waals surface area contributed by atoms with E-state index in [1.165, 1.54) is 0 Å². The Morgan fingerprint density at radius 2 is 1.76 bits per heavy atom. The van der Waals surface area contributed by atoms with Gasteiger partial charge in [-0.2, -0.15) is 0 Å². The van der Waals surface area contributed by atoms with E-state index in [9.17, 15) is 0 Å². The summed E-state index contributed by atoms with van der Waals surface area (Å²) >= 11 is 1.67. The Morgan fingerprint density at radius 1 is 1.00 bits per heavy atom. The first-order chi connectivity index (χ1) is 12.4. The lowest BCUT2D eigenvalue weighted by Crippen LogP contribution is -2.25. The van der Waals surface area contributed by atoms with Crippen molar-refractivity contribution in [2.45, 2.75) is 17.7 Å². The second-order valence-electron chi connectivity index (χ2n) is 5.76. The molecule has 0 bridgehead atoms. The summed E-state index contributed by atoms with van der Waals surface area (Å²) < 4.78 is 13.0. The molecule has 5 nitrogen and oxygen atoms in total. The predicted octanol–water partition coefficient (Wildman–Crippen LogP) is 3.79. The summed E-state index contributed by atoms with van der Waals surface area (Å²) in [6.45, 7) is 1.14. The van der Waals surface area contributed by atoms with Crippen molar-refractivity contribution in [3.63, 3.8) is 0 Å². The molecule has 128 valence electrons. The van der Waals surface area contributed by atoms with Crippen LogP contribution in [0.15, 0.2) is 65.8 Å². The van der Waals surface area contributed by atoms with Gasteiger partial charge in [-0.3, -0.25) is 4.57 Å². The second kappa shape index (κ2) is 7.82. The van der Waals surface area contributed by atoms with Crippen LogP contribution in [-0.2, 0) is 9.47 Å². The van der Waals surface area contributed by atoms with Crippen molar-refractivity contribution in [1.82, 2.24) is 14.8 Å². The van der Waals surface area contributed by atoms with Crippen LogP contribution in [0.5, 0.6) is 0 Å². The normalized spacial score (nSPS) is 17.5. The highest BCUT2D eigenvalue weighted by atomic mass is 32.2. The van der Waals surface area contributed by atoms with Crippen molar-refractivity contribution < 1.29 is 9.47 Å². The first kappa shape index (κ1) is 16.3. The molecule has 2 heterocycles. The van der Waals surface area contributed by atoms with Gasteiger partial charge >= 0.3 is 0 Å². The summed E-state index contributed by atoms with van der Waals surface area (Å²) in [6, 6.07) is 20.4. The van der Waals surface area contributed by atoms with Crippen LogP contribution in [0.2, 0.25) is 0 Å². The van der Waals surface area contributed by atoms with E-state index in [0.717, 1.165) is 41.0 Å². The largest absolute Gasteiger partial charge is 0.355 e. The number of nitrogens with zero attached hydrogens (tertiary/aromatic N) is 3. The van der Waals surface area contributed by atoms with E-state index in [-0.39, 0.29) is 6.10 Å². The van der Waals surface area contributed by atoms with Crippen LogP contribution in [0.25, 0.3) is 17.1 Å². The quantitative estimate of drug-likeness (QED) is 0.653. The number of hydrogen-bond donors (Lipinski definition) is 0. The van der Waals surface area contributed by atoms with Gasteiger partial charge in [-0.05, 0) is 18.6 Å². The zero-order valence-corrected chi connectivity index (χ0v) is 14.6. The van der Waals surface area contributed by atoms with Crippen molar-refractivity contribution in [1.29, 1.82) is 0 Å². The van der Waals surface area contributed by atoms with Crippen LogP contribution >= 0.6 is 11.8 Å². The van der Waals surface area contributed by atoms with E-state index in [1.54, 1.807) is 11.8 Å². The average Bonchev–Trinajstić information content (AvgIpc) is 3.12. The van der Waals surface area contributed by atoms with Gasteiger partial charge in [0.05, 0.1) is 12.7 Å². The molecule has 0 spiro atoms. The van der Waals surface area contributed by atoms with Crippen LogP contribution in [0.1, 0.15) is 6.42 Å². The van der Waals surface area contributed by atoms with Gasteiger partial charge in [-0.1, -0.05) is 60.3 Å². The monoisotopic (exact) mass is 353 g/mol. The van der Waals surface area contributed by atoms with E-state index in [1.807, 2.05) is 36.4 Å². The molecule has 3 aromatic rings. The Morgan fingerprint density at radius 3 is 2.48 bits per heavy atom. The molecule has 0 amide bonds. The minimum atomic E-state index is 0.194. The first-order valence-electron chi connectivity index (χ1n) is 8.30. The number of benzene rings is 2. The molecule has 1 saturated heterocycles. The molecule has 4 rings (SSSR count). The Balaban J connectivity index is 1.65. The van der Waals surface area contributed by atoms with Crippen LogP contribution < -0.4 is 0 Å². The SMILES string of the molecule is c1ccc(-c2nnc(SC[C@@H]3CCOCO3)n2-c2ccccc2)cc1. The van der Waals surface area contributed by atoms with E-state index >= 15 is 0 Å². The standard InChI is InChI=1S/C19H19N3O2S/c1-3-7-15(8-4-1)18-20-21-19(22(18)16-9-5-2-6-10-16)25-13-17-11-12-23-14-24-17/h1-10,17H,11-14H2/t17-/m0/s1. The van der Waals surface area contributed by atoms with Gasteiger partial charge < -0.3 is 9.47 Å². The third-order valence-electron chi connectivity index (χ3n) is 4.05. The van der Waals surface area contributed by atoms with Gasteiger partial charge in [0.1, 0.15) is 6.79 Å². The molecule has 0 radical (unpaired) electrons. The Kier molecular flexibility index (Phi) is 5.11. The average molecular weight is 353 g/mol. The third-order valence-corrected chi connectivity index (χ3v) is 5.11.